The Labute approximate surface area is 95.9 Å². The number of aliphatic hydroxyl groups is 2. The molecule has 0 spiro atoms. The fourth-order valence-corrected chi connectivity index (χ4v) is 1.14. The molecule has 16 heavy (non-hydrogen) atoms. The van der Waals surface area contributed by atoms with Crippen LogP contribution in [0.3, 0.4) is 0 Å². The standard InChI is InChI=1S/C9H10ClFN2O3/c10-8-7(1-5(11)2-12-8)9(16)13-3-6(15)4-14/h1-2,6,14-15H,3-4H2,(H,13,16). The smallest absolute Gasteiger partial charge is 0.254 e. The minimum Gasteiger partial charge on any atom is -0.394 e. The number of amides is 1. The Balaban J connectivity index is 2.69. The molecular formula is C9H10ClFN2O3. The SMILES string of the molecule is O=C(NCC(O)CO)c1cc(F)cnc1Cl. The molecule has 0 fully saturated rings. The number of nitrogens with zero attached hydrogens (tertiary/aromatic N) is 1. The molecule has 0 saturated heterocycles. The number of carbonyl (C=O) groups excluding carboxylic acids is 1. The second-order valence-corrected chi connectivity index (χ2v) is 3.40. The zero-order valence-corrected chi connectivity index (χ0v) is 8.91. The molecule has 0 aliphatic carbocycles. The van der Waals surface area contributed by atoms with Crippen molar-refractivity contribution in [1.29, 1.82) is 0 Å². The molecule has 7 heteroatoms. The lowest BCUT2D eigenvalue weighted by Crippen LogP contribution is -2.34. The highest BCUT2D eigenvalue weighted by Gasteiger charge is 2.13. The van der Waals surface area contributed by atoms with Crippen molar-refractivity contribution in [3.8, 4) is 0 Å². The van der Waals surface area contributed by atoms with Crippen molar-refractivity contribution in [3.63, 3.8) is 0 Å². The monoisotopic (exact) mass is 248 g/mol. The van der Waals surface area contributed by atoms with Crippen LogP contribution in [0.5, 0.6) is 0 Å². The highest BCUT2D eigenvalue weighted by Crippen LogP contribution is 2.13. The number of pyridine rings is 1. The van der Waals surface area contributed by atoms with Gasteiger partial charge in [0.1, 0.15) is 11.0 Å². The number of nitrogens with one attached hydrogen (secondary N) is 1. The summed E-state index contributed by atoms with van der Waals surface area (Å²) in [6.45, 7) is -0.627. The normalized spacial score (nSPS) is 12.2. The van der Waals surface area contributed by atoms with Gasteiger partial charge >= 0.3 is 0 Å². The first-order valence-electron chi connectivity index (χ1n) is 4.42. The molecule has 1 aromatic rings. The molecule has 0 aliphatic rings. The molecule has 1 amide bonds. The Morgan fingerprint density at radius 2 is 2.38 bits per heavy atom. The molecule has 0 saturated carbocycles. The number of carbonyl (C=O) groups is 1. The van der Waals surface area contributed by atoms with Crippen LogP contribution >= 0.6 is 11.6 Å². The Morgan fingerprint density at radius 3 is 3.00 bits per heavy atom. The van der Waals surface area contributed by atoms with Gasteiger partial charge in [-0.05, 0) is 6.07 Å². The minimum absolute atomic E-state index is 0.119. The third-order valence-corrected chi connectivity index (χ3v) is 2.06. The van der Waals surface area contributed by atoms with Gasteiger partial charge in [0.2, 0.25) is 0 Å². The lowest BCUT2D eigenvalue weighted by atomic mass is 10.2. The average molecular weight is 249 g/mol. The van der Waals surface area contributed by atoms with Gasteiger partial charge < -0.3 is 15.5 Å². The fourth-order valence-electron chi connectivity index (χ4n) is 0.952. The van der Waals surface area contributed by atoms with Gasteiger partial charge in [-0.25, -0.2) is 9.37 Å². The summed E-state index contributed by atoms with van der Waals surface area (Å²) < 4.78 is 12.8. The molecule has 1 aromatic heterocycles. The van der Waals surface area contributed by atoms with Gasteiger partial charge in [-0.3, -0.25) is 4.79 Å². The van der Waals surface area contributed by atoms with E-state index in [4.69, 9.17) is 21.8 Å². The lowest BCUT2D eigenvalue weighted by Gasteiger charge is -2.09. The Morgan fingerprint density at radius 1 is 1.69 bits per heavy atom. The molecule has 1 unspecified atom stereocenters. The second kappa shape index (κ2) is 5.74. The summed E-state index contributed by atoms with van der Waals surface area (Å²) in [5.41, 5.74) is -0.119. The third kappa shape index (κ3) is 3.41. The van der Waals surface area contributed by atoms with E-state index in [0.29, 0.717) is 0 Å². The van der Waals surface area contributed by atoms with Crippen molar-refractivity contribution in [3.05, 3.63) is 28.8 Å². The molecule has 0 bridgehead atoms. The predicted octanol–water partition coefficient (Wildman–Crippen LogP) is -0.0429. The van der Waals surface area contributed by atoms with Crippen molar-refractivity contribution in [2.45, 2.75) is 6.10 Å². The van der Waals surface area contributed by atoms with Crippen LogP contribution in [-0.2, 0) is 0 Å². The van der Waals surface area contributed by atoms with Crippen LogP contribution in [0.15, 0.2) is 12.3 Å². The van der Waals surface area contributed by atoms with Crippen molar-refractivity contribution < 1.29 is 19.4 Å². The van der Waals surface area contributed by atoms with E-state index in [-0.39, 0.29) is 17.3 Å². The molecule has 1 heterocycles. The summed E-state index contributed by atoms with van der Waals surface area (Å²) in [5, 5.41) is 19.7. The van der Waals surface area contributed by atoms with E-state index < -0.39 is 24.4 Å². The molecule has 0 radical (unpaired) electrons. The van der Waals surface area contributed by atoms with Crippen LogP contribution in [0.1, 0.15) is 10.4 Å². The maximum absolute atomic E-state index is 12.8. The summed E-state index contributed by atoms with van der Waals surface area (Å²) in [6, 6.07) is 0.940. The van der Waals surface area contributed by atoms with Gasteiger partial charge in [-0.2, -0.15) is 0 Å². The van der Waals surface area contributed by atoms with Crippen LogP contribution in [0.25, 0.3) is 0 Å². The average Bonchev–Trinajstić information content (AvgIpc) is 2.28. The van der Waals surface area contributed by atoms with E-state index >= 15 is 0 Å². The first-order chi connectivity index (χ1) is 7.54. The molecule has 5 nitrogen and oxygen atoms in total. The predicted molar refractivity (Wildman–Crippen MR) is 54.6 cm³/mol. The number of rotatable bonds is 4. The van der Waals surface area contributed by atoms with Crippen molar-refractivity contribution in [1.82, 2.24) is 10.3 Å². The number of hydrogen-bond donors (Lipinski definition) is 3. The van der Waals surface area contributed by atoms with Crippen LogP contribution in [-0.4, -0.2) is 40.4 Å². The number of aliphatic hydroxyl groups excluding tert-OH is 2. The van der Waals surface area contributed by atoms with Gasteiger partial charge in [0.15, 0.2) is 0 Å². The van der Waals surface area contributed by atoms with Crippen molar-refractivity contribution >= 4 is 17.5 Å². The van der Waals surface area contributed by atoms with E-state index in [0.717, 1.165) is 12.3 Å². The summed E-state index contributed by atoms with van der Waals surface area (Å²) in [5.74, 6) is -1.35. The van der Waals surface area contributed by atoms with E-state index in [1.165, 1.54) is 0 Å². The Bertz CT molecular complexity index is 389. The topological polar surface area (TPSA) is 82.5 Å². The van der Waals surface area contributed by atoms with E-state index in [9.17, 15) is 9.18 Å². The highest BCUT2D eigenvalue weighted by molar-refractivity contribution is 6.32. The van der Waals surface area contributed by atoms with Crippen LogP contribution in [0.2, 0.25) is 5.15 Å². The van der Waals surface area contributed by atoms with Crippen LogP contribution in [0, 0.1) is 5.82 Å². The fraction of sp³-hybridized carbons (Fsp3) is 0.333. The van der Waals surface area contributed by atoms with Crippen LogP contribution < -0.4 is 5.32 Å². The third-order valence-electron chi connectivity index (χ3n) is 1.76. The van der Waals surface area contributed by atoms with Gasteiger partial charge in [-0.1, -0.05) is 11.6 Å². The largest absolute Gasteiger partial charge is 0.394 e. The van der Waals surface area contributed by atoms with Gasteiger partial charge in [0, 0.05) is 6.54 Å². The number of aromatic nitrogens is 1. The summed E-state index contributed by atoms with van der Waals surface area (Å²) in [6.07, 6.45) is -0.175. The Kier molecular flexibility index (Phi) is 4.60. The molecular weight excluding hydrogens is 239 g/mol. The second-order valence-electron chi connectivity index (χ2n) is 3.04. The van der Waals surface area contributed by atoms with Gasteiger partial charge in [0.25, 0.3) is 5.91 Å². The Hall–Kier alpha value is -1.24. The quantitative estimate of drug-likeness (QED) is 0.653. The summed E-state index contributed by atoms with van der Waals surface area (Å²) in [7, 11) is 0. The summed E-state index contributed by atoms with van der Waals surface area (Å²) in [4.78, 5) is 14.9. The first kappa shape index (κ1) is 12.8. The van der Waals surface area contributed by atoms with Crippen molar-refractivity contribution in [2.75, 3.05) is 13.2 Å². The molecule has 1 rings (SSSR count). The zero-order chi connectivity index (χ0) is 12.1. The maximum Gasteiger partial charge on any atom is 0.254 e. The number of halogens is 2. The molecule has 0 aliphatic heterocycles. The highest BCUT2D eigenvalue weighted by atomic mass is 35.5. The van der Waals surface area contributed by atoms with Gasteiger partial charge in [-0.15, -0.1) is 0 Å². The van der Waals surface area contributed by atoms with Crippen LogP contribution in [0.4, 0.5) is 4.39 Å². The summed E-state index contributed by atoms with van der Waals surface area (Å²) >= 11 is 5.59. The molecule has 88 valence electrons. The first-order valence-corrected chi connectivity index (χ1v) is 4.80. The van der Waals surface area contributed by atoms with E-state index in [1.54, 1.807) is 0 Å². The zero-order valence-electron chi connectivity index (χ0n) is 8.15. The number of hydrogen-bond acceptors (Lipinski definition) is 4. The molecule has 1 atom stereocenters. The minimum atomic E-state index is -1.07. The van der Waals surface area contributed by atoms with E-state index in [1.807, 2.05) is 0 Å². The van der Waals surface area contributed by atoms with Crippen molar-refractivity contribution in [2.24, 2.45) is 0 Å². The maximum atomic E-state index is 12.8. The molecule has 3 N–H and O–H groups in total. The molecule has 0 aromatic carbocycles. The van der Waals surface area contributed by atoms with E-state index in [2.05, 4.69) is 10.3 Å². The van der Waals surface area contributed by atoms with Gasteiger partial charge in [0.05, 0.1) is 24.5 Å². The lowest BCUT2D eigenvalue weighted by molar-refractivity contribution is 0.0801.